The maximum atomic E-state index is 5.33. The highest BCUT2D eigenvalue weighted by Crippen LogP contribution is 2.39. The van der Waals surface area contributed by atoms with Gasteiger partial charge in [-0.2, -0.15) is 0 Å². The molecule has 0 amide bonds. The maximum absolute atomic E-state index is 5.33. The van der Waals surface area contributed by atoms with Gasteiger partial charge in [0.25, 0.3) is 0 Å². The van der Waals surface area contributed by atoms with Crippen molar-refractivity contribution in [2.45, 2.75) is 58.0 Å². The smallest absolute Gasteiger partial charge is 0.0951 e. The maximum Gasteiger partial charge on any atom is 0.0951 e. The second-order valence-electron chi connectivity index (χ2n) is 5.55. The molecule has 2 heterocycles. The van der Waals surface area contributed by atoms with Crippen molar-refractivity contribution in [3.05, 3.63) is 24.2 Å². The molecule has 1 N–H and O–H groups in total. The van der Waals surface area contributed by atoms with E-state index in [1.807, 2.05) is 6.26 Å². The van der Waals surface area contributed by atoms with E-state index >= 15 is 0 Å². The molecule has 1 unspecified atom stereocenters. The van der Waals surface area contributed by atoms with Crippen LogP contribution in [-0.4, -0.2) is 30.1 Å². The molecule has 1 aromatic rings. The SMILES string of the molecule is CCNC(c1ccoc1)C(CC)(CC)N1CCCC1. The molecule has 0 saturated carbocycles. The molecule has 0 bridgehead atoms. The van der Waals surface area contributed by atoms with Crippen molar-refractivity contribution in [1.82, 2.24) is 10.2 Å². The standard InChI is InChI=1S/C16H28N2O/c1-4-16(5-2,18-10-7-8-11-18)15(17-6-3)14-9-12-19-13-14/h9,12-13,15,17H,4-8,10-11H2,1-3H3. The lowest BCUT2D eigenvalue weighted by atomic mass is 9.80. The Morgan fingerprint density at radius 2 is 1.95 bits per heavy atom. The van der Waals surface area contributed by atoms with Crippen LogP contribution in [0.3, 0.4) is 0 Å². The third-order valence-electron chi connectivity index (χ3n) is 4.78. The van der Waals surface area contributed by atoms with E-state index < -0.39 is 0 Å². The Morgan fingerprint density at radius 3 is 2.42 bits per heavy atom. The number of hydrogen-bond donors (Lipinski definition) is 1. The van der Waals surface area contributed by atoms with Crippen LogP contribution in [-0.2, 0) is 0 Å². The molecular weight excluding hydrogens is 236 g/mol. The van der Waals surface area contributed by atoms with Gasteiger partial charge in [0.1, 0.15) is 0 Å². The van der Waals surface area contributed by atoms with Gasteiger partial charge in [0.15, 0.2) is 0 Å². The van der Waals surface area contributed by atoms with Gasteiger partial charge in [-0.05, 0) is 51.4 Å². The van der Waals surface area contributed by atoms with E-state index in [4.69, 9.17) is 4.42 Å². The summed E-state index contributed by atoms with van der Waals surface area (Å²) in [5, 5.41) is 3.70. The lowest BCUT2D eigenvalue weighted by molar-refractivity contribution is 0.0620. The van der Waals surface area contributed by atoms with Gasteiger partial charge in [0.05, 0.1) is 18.6 Å². The minimum atomic E-state index is 0.219. The number of likely N-dealkylation sites (N-methyl/N-ethyl adjacent to an activating group) is 1. The molecule has 1 aliphatic heterocycles. The van der Waals surface area contributed by atoms with Gasteiger partial charge in [0, 0.05) is 11.1 Å². The van der Waals surface area contributed by atoms with Crippen LogP contribution >= 0.6 is 0 Å². The molecule has 1 saturated heterocycles. The number of furan rings is 1. The van der Waals surface area contributed by atoms with Crippen molar-refractivity contribution < 1.29 is 4.42 Å². The molecule has 0 aromatic carbocycles. The van der Waals surface area contributed by atoms with E-state index in [1.165, 1.54) is 44.3 Å². The van der Waals surface area contributed by atoms with Gasteiger partial charge in [-0.15, -0.1) is 0 Å². The average Bonchev–Trinajstić information content (AvgIpc) is 3.13. The summed E-state index contributed by atoms with van der Waals surface area (Å²) < 4.78 is 5.33. The van der Waals surface area contributed by atoms with E-state index in [1.54, 1.807) is 6.26 Å². The van der Waals surface area contributed by atoms with Gasteiger partial charge < -0.3 is 9.73 Å². The fourth-order valence-electron chi connectivity index (χ4n) is 3.71. The van der Waals surface area contributed by atoms with E-state index in [0.717, 1.165) is 6.54 Å². The summed E-state index contributed by atoms with van der Waals surface area (Å²) in [6.07, 6.45) is 8.72. The molecule has 0 spiro atoms. The average molecular weight is 264 g/mol. The predicted molar refractivity (Wildman–Crippen MR) is 79.2 cm³/mol. The lowest BCUT2D eigenvalue weighted by Crippen LogP contribution is -2.55. The Hall–Kier alpha value is -0.800. The minimum absolute atomic E-state index is 0.219. The van der Waals surface area contributed by atoms with E-state index in [2.05, 4.69) is 37.1 Å². The van der Waals surface area contributed by atoms with Crippen molar-refractivity contribution in [1.29, 1.82) is 0 Å². The highest BCUT2D eigenvalue weighted by Gasteiger charge is 2.42. The largest absolute Gasteiger partial charge is 0.472 e. The quantitative estimate of drug-likeness (QED) is 0.816. The summed E-state index contributed by atoms with van der Waals surface area (Å²) >= 11 is 0. The molecule has 1 aromatic heterocycles. The van der Waals surface area contributed by atoms with Crippen molar-refractivity contribution >= 4 is 0 Å². The first kappa shape index (κ1) is 14.6. The second-order valence-corrected chi connectivity index (χ2v) is 5.55. The molecule has 3 nitrogen and oxygen atoms in total. The van der Waals surface area contributed by atoms with Crippen molar-refractivity contribution in [3.8, 4) is 0 Å². The number of likely N-dealkylation sites (tertiary alicyclic amines) is 1. The summed E-state index contributed by atoms with van der Waals surface area (Å²) in [6.45, 7) is 10.3. The Bertz CT molecular complexity index is 351. The Morgan fingerprint density at radius 1 is 1.26 bits per heavy atom. The Balaban J connectivity index is 2.32. The fraction of sp³-hybridized carbons (Fsp3) is 0.750. The lowest BCUT2D eigenvalue weighted by Gasteiger charge is -2.47. The van der Waals surface area contributed by atoms with Crippen LogP contribution in [0.5, 0.6) is 0 Å². The van der Waals surface area contributed by atoms with E-state index in [9.17, 15) is 0 Å². The highest BCUT2D eigenvalue weighted by atomic mass is 16.3. The van der Waals surface area contributed by atoms with Gasteiger partial charge >= 0.3 is 0 Å². The number of rotatable bonds is 7. The number of nitrogens with zero attached hydrogens (tertiary/aromatic N) is 1. The first-order chi connectivity index (χ1) is 9.28. The normalized spacial score (nSPS) is 18.9. The minimum Gasteiger partial charge on any atom is -0.472 e. The summed E-state index contributed by atoms with van der Waals surface area (Å²) in [5.74, 6) is 0. The molecule has 108 valence electrons. The molecule has 1 aliphatic rings. The zero-order valence-corrected chi connectivity index (χ0v) is 12.6. The van der Waals surface area contributed by atoms with Gasteiger partial charge in [-0.1, -0.05) is 20.8 Å². The first-order valence-corrected chi connectivity index (χ1v) is 7.79. The predicted octanol–water partition coefficient (Wildman–Crippen LogP) is 3.58. The summed E-state index contributed by atoms with van der Waals surface area (Å²) in [4.78, 5) is 2.70. The van der Waals surface area contributed by atoms with Crippen LogP contribution in [0.15, 0.2) is 23.0 Å². The van der Waals surface area contributed by atoms with Crippen LogP contribution in [0.1, 0.15) is 58.1 Å². The van der Waals surface area contributed by atoms with Crippen LogP contribution in [0.2, 0.25) is 0 Å². The zero-order chi connectivity index (χ0) is 13.7. The third kappa shape index (κ3) is 2.72. The monoisotopic (exact) mass is 264 g/mol. The molecular formula is C16H28N2O. The molecule has 0 aliphatic carbocycles. The number of hydrogen-bond acceptors (Lipinski definition) is 3. The first-order valence-electron chi connectivity index (χ1n) is 7.79. The van der Waals surface area contributed by atoms with Crippen LogP contribution in [0.4, 0.5) is 0 Å². The molecule has 1 fully saturated rings. The Kier molecular flexibility index (Phi) is 5.06. The summed E-state index contributed by atoms with van der Waals surface area (Å²) in [6, 6.07) is 2.48. The third-order valence-corrected chi connectivity index (χ3v) is 4.78. The van der Waals surface area contributed by atoms with E-state index in [-0.39, 0.29) is 5.54 Å². The van der Waals surface area contributed by atoms with Crippen LogP contribution < -0.4 is 5.32 Å². The molecule has 2 rings (SSSR count). The zero-order valence-electron chi connectivity index (χ0n) is 12.6. The van der Waals surface area contributed by atoms with Gasteiger partial charge in [-0.3, -0.25) is 4.90 Å². The highest BCUT2D eigenvalue weighted by molar-refractivity contribution is 5.19. The van der Waals surface area contributed by atoms with Gasteiger partial charge in [0.2, 0.25) is 0 Å². The topological polar surface area (TPSA) is 28.4 Å². The molecule has 19 heavy (non-hydrogen) atoms. The van der Waals surface area contributed by atoms with Crippen LogP contribution in [0, 0.1) is 0 Å². The van der Waals surface area contributed by atoms with Crippen LogP contribution in [0.25, 0.3) is 0 Å². The Labute approximate surface area is 117 Å². The molecule has 0 radical (unpaired) electrons. The molecule has 1 atom stereocenters. The van der Waals surface area contributed by atoms with Crippen molar-refractivity contribution in [2.75, 3.05) is 19.6 Å². The summed E-state index contributed by atoms with van der Waals surface area (Å²) in [7, 11) is 0. The van der Waals surface area contributed by atoms with Gasteiger partial charge in [-0.25, -0.2) is 0 Å². The fourth-order valence-corrected chi connectivity index (χ4v) is 3.71. The second kappa shape index (κ2) is 6.58. The number of nitrogens with one attached hydrogen (secondary N) is 1. The molecule has 3 heteroatoms. The van der Waals surface area contributed by atoms with E-state index in [0.29, 0.717) is 6.04 Å². The van der Waals surface area contributed by atoms with Crippen molar-refractivity contribution in [3.63, 3.8) is 0 Å². The van der Waals surface area contributed by atoms with Crippen molar-refractivity contribution in [2.24, 2.45) is 0 Å². The summed E-state index contributed by atoms with van der Waals surface area (Å²) in [5.41, 5.74) is 1.51.